The van der Waals surface area contributed by atoms with Gasteiger partial charge in [0, 0.05) is 19.3 Å². The van der Waals surface area contributed by atoms with Crippen LogP contribution in [-0.2, 0) is 17.9 Å². The largest absolute Gasteiger partial charge is 0.369 e. The normalized spacial score (nSPS) is 12.0. The molecule has 1 amide bonds. The summed E-state index contributed by atoms with van der Waals surface area (Å²) < 4.78 is 1.63. The number of nitrogens with two attached hydrogens (primary N) is 3. The van der Waals surface area contributed by atoms with E-state index in [4.69, 9.17) is 17.2 Å². The van der Waals surface area contributed by atoms with Crippen LogP contribution < -0.4 is 33.4 Å². The fraction of sp³-hybridized carbons (Fsp3) is 0.440. The highest BCUT2D eigenvalue weighted by Gasteiger charge is 2.14. The molecule has 0 unspecified atom stereocenters. The number of rotatable bonds is 13. The molecule has 0 radical (unpaired) electrons. The van der Waals surface area contributed by atoms with Crippen LogP contribution in [0.2, 0.25) is 0 Å². The van der Waals surface area contributed by atoms with Crippen molar-refractivity contribution in [2.24, 2.45) is 11.5 Å². The van der Waals surface area contributed by atoms with Gasteiger partial charge in [-0.1, -0.05) is 44.0 Å². The molecule has 0 saturated carbocycles. The number of amides is 1. The number of benzene rings is 1. The van der Waals surface area contributed by atoms with Crippen LogP contribution in [-0.4, -0.2) is 39.6 Å². The molecular formula is C25H36N8O2. The molecule has 0 aliphatic heterocycles. The summed E-state index contributed by atoms with van der Waals surface area (Å²) in [6.07, 6.45) is 6.02. The Morgan fingerprint density at radius 3 is 2.54 bits per heavy atom. The molecule has 8 N–H and O–H groups in total. The molecule has 3 rings (SSSR count). The Morgan fingerprint density at radius 1 is 1.09 bits per heavy atom. The Labute approximate surface area is 205 Å². The molecule has 0 bridgehead atoms. The fourth-order valence-corrected chi connectivity index (χ4v) is 3.75. The average molecular weight is 481 g/mol. The van der Waals surface area contributed by atoms with E-state index in [-0.39, 0.29) is 17.4 Å². The third kappa shape index (κ3) is 7.24. The average Bonchev–Trinajstić information content (AvgIpc) is 2.85. The summed E-state index contributed by atoms with van der Waals surface area (Å²) in [5, 5.41) is 6.53. The minimum atomic E-state index is -0.527. The van der Waals surface area contributed by atoms with Crippen LogP contribution >= 0.6 is 0 Å². The lowest BCUT2D eigenvalue weighted by Crippen LogP contribution is -2.40. The zero-order valence-electron chi connectivity index (χ0n) is 20.3. The lowest BCUT2D eigenvalue weighted by molar-refractivity contribution is -0.122. The van der Waals surface area contributed by atoms with Gasteiger partial charge in [0.25, 0.3) is 5.56 Å². The first-order chi connectivity index (χ1) is 16.9. The molecule has 2 aromatic heterocycles. The van der Waals surface area contributed by atoms with E-state index < -0.39 is 6.04 Å². The predicted octanol–water partition coefficient (Wildman–Crippen LogP) is 1.71. The van der Waals surface area contributed by atoms with E-state index in [1.165, 1.54) is 0 Å². The van der Waals surface area contributed by atoms with Gasteiger partial charge in [0.05, 0.1) is 18.1 Å². The molecule has 0 saturated heterocycles. The summed E-state index contributed by atoms with van der Waals surface area (Å²) in [5.41, 5.74) is 19.5. The summed E-state index contributed by atoms with van der Waals surface area (Å²) in [6, 6.07) is 9.01. The van der Waals surface area contributed by atoms with Crippen molar-refractivity contribution < 1.29 is 4.79 Å². The van der Waals surface area contributed by atoms with Crippen molar-refractivity contribution in [2.45, 2.75) is 58.2 Å². The molecule has 1 atom stereocenters. The topological polar surface area (TPSA) is 167 Å². The highest BCUT2D eigenvalue weighted by Crippen LogP contribution is 2.18. The number of anilines is 2. The Kier molecular flexibility index (Phi) is 9.56. The van der Waals surface area contributed by atoms with Crippen molar-refractivity contribution in [1.29, 1.82) is 0 Å². The van der Waals surface area contributed by atoms with E-state index in [1.54, 1.807) is 16.8 Å². The first-order valence-electron chi connectivity index (χ1n) is 12.1. The van der Waals surface area contributed by atoms with Crippen molar-refractivity contribution in [3.05, 3.63) is 58.0 Å². The number of pyridine rings is 1. The Bertz CT molecular complexity index is 1180. The van der Waals surface area contributed by atoms with Gasteiger partial charge >= 0.3 is 0 Å². The molecule has 0 fully saturated rings. The minimum absolute atomic E-state index is 0.132. The van der Waals surface area contributed by atoms with Crippen molar-refractivity contribution in [3.8, 4) is 0 Å². The van der Waals surface area contributed by atoms with Crippen LogP contribution in [0.15, 0.2) is 41.3 Å². The highest BCUT2D eigenvalue weighted by atomic mass is 16.2. The molecule has 188 valence electrons. The van der Waals surface area contributed by atoms with Crippen molar-refractivity contribution in [2.75, 3.05) is 24.1 Å². The maximum absolute atomic E-state index is 13.2. The van der Waals surface area contributed by atoms with E-state index in [1.807, 2.05) is 24.3 Å². The van der Waals surface area contributed by atoms with Crippen LogP contribution in [0.1, 0.15) is 50.2 Å². The maximum Gasteiger partial charge on any atom is 0.264 e. The van der Waals surface area contributed by atoms with Gasteiger partial charge in [-0.05, 0) is 43.0 Å². The van der Waals surface area contributed by atoms with Crippen LogP contribution in [0.25, 0.3) is 10.9 Å². The SMILES string of the molecule is CCCCNc1nc(N)nc2ccn(Cc3ccc(CNC(=O)[C@@H](N)CCCCN)cc3)c(=O)c12. The number of nitrogen functional groups attached to an aromatic ring is 1. The number of aromatic nitrogens is 3. The molecule has 10 heteroatoms. The standard InChI is InChI=1S/C25H36N8O2/c1-2-3-13-29-22-21-20(31-25(28)32-22)11-14-33(24(21)35)16-18-9-7-17(8-10-18)15-30-23(34)19(27)6-4-5-12-26/h7-11,14,19H,2-6,12-13,15-16,26-27H2,1H3,(H,30,34)(H3,28,29,31,32)/t19-/m0/s1. The quantitative estimate of drug-likeness (QED) is 0.230. The van der Waals surface area contributed by atoms with Crippen LogP contribution in [0, 0.1) is 0 Å². The van der Waals surface area contributed by atoms with Crippen LogP contribution in [0.3, 0.4) is 0 Å². The van der Waals surface area contributed by atoms with Gasteiger partial charge in [-0.25, -0.2) is 4.98 Å². The number of hydrogen-bond donors (Lipinski definition) is 5. The summed E-state index contributed by atoms with van der Waals surface area (Å²) >= 11 is 0. The number of unbranched alkanes of at least 4 members (excludes halogenated alkanes) is 2. The lowest BCUT2D eigenvalue weighted by Gasteiger charge is -2.13. The van der Waals surface area contributed by atoms with Gasteiger partial charge in [0.15, 0.2) is 0 Å². The van der Waals surface area contributed by atoms with Gasteiger partial charge in [-0.2, -0.15) is 4.98 Å². The van der Waals surface area contributed by atoms with E-state index in [9.17, 15) is 9.59 Å². The van der Waals surface area contributed by atoms with Gasteiger partial charge in [0.2, 0.25) is 11.9 Å². The van der Waals surface area contributed by atoms with E-state index in [0.717, 1.165) is 36.8 Å². The predicted molar refractivity (Wildman–Crippen MR) is 140 cm³/mol. The van der Waals surface area contributed by atoms with Crippen LogP contribution in [0.4, 0.5) is 11.8 Å². The first-order valence-corrected chi connectivity index (χ1v) is 12.1. The molecule has 2 heterocycles. The van der Waals surface area contributed by atoms with Gasteiger partial charge in [-0.3, -0.25) is 9.59 Å². The second-order valence-corrected chi connectivity index (χ2v) is 8.65. The third-order valence-corrected chi connectivity index (χ3v) is 5.81. The summed E-state index contributed by atoms with van der Waals surface area (Å²) in [4.78, 5) is 33.9. The fourth-order valence-electron chi connectivity index (χ4n) is 3.75. The van der Waals surface area contributed by atoms with Gasteiger partial charge in [0.1, 0.15) is 11.2 Å². The molecule has 35 heavy (non-hydrogen) atoms. The van der Waals surface area contributed by atoms with E-state index in [0.29, 0.717) is 49.3 Å². The second kappa shape index (κ2) is 12.8. The molecule has 3 aromatic rings. The Hall–Kier alpha value is -3.50. The summed E-state index contributed by atoms with van der Waals surface area (Å²) in [6.45, 7) is 4.19. The summed E-state index contributed by atoms with van der Waals surface area (Å²) in [7, 11) is 0. The smallest absolute Gasteiger partial charge is 0.264 e. The third-order valence-electron chi connectivity index (χ3n) is 5.81. The maximum atomic E-state index is 13.2. The number of nitrogens with one attached hydrogen (secondary N) is 2. The van der Waals surface area contributed by atoms with Crippen LogP contribution in [0.5, 0.6) is 0 Å². The van der Waals surface area contributed by atoms with Gasteiger partial charge in [-0.15, -0.1) is 0 Å². The first kappa shape index (κ1) is 26.1. The van der Waals surface area contributed by atoms with E-state index in [2.05, 4.69) is 27.5 Å². The molecule has 0 spiro atoms. The number of fused-ring (bicyclic) bond motifs is 1. The molecular weight excluding hydrogens is 444 g/mol. The zero-order valence-corrected chi connectivity index (χ0v) is 20.3. The number of carbonyl (C=O) groups excluding carboxylic acids is 1. The number of nitrogens with zero attached hydrogens (tertiary/aromatic N) is 3. The number of carbonyl (C=O) groups is 1. The lowest BCUT2D eigenvalue weighted by atomic mass is 10.1. The van der Waals surface area contributed by atoms with Crippen molar-refractivity contribution >= 4 is 28.6 Å². The molecule has 0 aliphatic rings. The Morgan fingerprint density at radius 2 is 1.83 bits per heavy atom. The van der Waals surface area contributed by atoms with E-state index >= 15 is 0 Å². The minimum Gasteiger partial charge on any atom is -0.369 e. The Balaban J connectivity index is 1.67. The summed E-state index contributed by atoms with van der Waals surface area (Å²) in [5.74, 6) is 0.431. The number of hydrogen-bond acceptors (Lipinski definition) is 8. The molecule has 10 nitrogen and oxygen atoms in total. The highest BCUT2D eigenvalue weighted by molar-refractivity contribution is 5.89. The second-order valence-electron chi connectivity index (χ2n) is 8.65. The monoisotopic (exact) mass is 480 g/mol. The van der Waals surface area contributed by atoms with Crippen molar-refractivity contribution in [3.63, 3.8) is 0 Å². The van der Waals surface area contributed by atoms with Gasteiger partial charge < -0.3 is 32.4 Å². The molecule has 1 aromatic carbocycles. The molecule has 0 aliphatic carbocycles. The van der Waals surface area contributed by atoms with Crippen molar-refractivity contribution in [1.82, 2.24) is 19.9 Å². The zero-order chi connectivity index (χ0) is 25.2.